The maximum Gasteiger partial charge on any atom is 0.418 e. The zero-order valence-electron chi connectivity index (χ0n) is 13.2. The highest BCUT2D eigenvalue weighted by Gasteiger charge is 2.42. The molecule has 0 aliphatic heterocycles. The monoisotopic (exact) mass is 508 g/mol. The summed E-state index contributed by atoms with van der Waals surface area (Å²) in [7, 11) is 0. The first-order chi connectivity index (χ1) is 13.1. The average Bonchev–Trinajstić information content (AvgIpc) is 2.53. The van der Waals surface area contributed by atoms with Crippen molar-refractivity contribution in [1.82, 2.24) is 4.98 Å². The predicted octanol–water partition coefficient (Wildman–Crippen LogP) is 6.10. The molecule has 0 amide bonds. The second-order valence-electron chi connectivity index (χ2n) is 5.17. The van der Waals surface area contributed by atoms with E-state index >= 15 is 0 Å². The number of hydrogen-bond donors (Lipinski definition) is 1. The van der Waals surface area contributed by atoms with Crippen LogP contribution in [0.15, 0.2) is 22.8 Å². The van der Waals surface area contributed by atoms with Crippen molar-refractivity contribution in [3.63, 3.8) is 0 Å². The molecule has 0 radical (unpaired) electrons. The van der Waals surface area contributed by atoms with E-state index in [2.05, 4.69) is 20.9 Å². The molecule has 0 fully saturated rings. The SMILES string of the molecule is O=[N+]([O-])c1cc(C(F)(F)F)c(Br)c([N+](=O)[O-])c1Nc1ncc(C(F)(F)F)cc1Cl. The van der Waals surface area contributed by atoms with Gasteiger partial charge >= 0.3 is 23.7 Å². The van der Waals surface area contributed by atoms with Crippen LogP contribution < -0.4 is 5.32 Å². The van der Waals surface area contributed by atoms with Crippen molar-refractivity contribution in [3.8, 4) is 0 Å². The van der Waals surface area contributed by atoms with Crippen LogP contribution in [0.4, 0.5) is 49.2 Å². The molecule has 0 bridgehead atoms. The van der Waals surface area contributed by atoms with Gasteiger partial charge < -0.3 is 5.32 Å². The fourth-order valence-electron chi connectivity index (χ4n) is 2.08. The first kappa shape index (κ1) is 22.6. The van der Waals surface area contributed by atoms with Gasteiger partial charge in [0.1, 0.15) is 10.3 Å². The van der Waals surface area contributed by atoms with Gasteiger partial charge in [-0.3, -0.25) is 20.2 Å². The summed E-state index contributed by atoms with van der Waals surface area (Å²) in [6.45, 7) is 0. The highest BCUT2D eigenvalue weighted by molar-refractivity contribution is 9.10. The van der Waals surface area contributed by atoms with Gasteiger partial charge in [-0.15, -0.1) is 0 Å². The zero-order chi connectivity index (χ0) is 22.3. The molecule has 156 valence electrons. The van der Waals surface area contributed by atoms with E-state index in [4.69, 9.17) is 11.6 Å². The number of nitro groups is 2. The molecule has 0 saturated heterocycles. The Morgan fingerprint density at radius 3 is 2.03 bits per heavy atom. The summed E-state index contributed by atoms with van der Waals surface area (Å²) >= 11 is 8.03. The minimum atomic E-state index is -5.18. The standard InChI is InChI=1S/C13H4BrClF6N4O4/c14-8-5(13(19,20)21)2-7(24(26)27)9(10(8)25(28)29)23-11-6(15)1-4(3-22-11)12(16,17)18/h1-3H,(H,22,23). The molecule has 8 nitrogen and oxygen atoms in total. The molecule has 16 heteroatoms. The molecule has 0 aliphatic carbocycles. The van der Waals surface area contributed by atoms with Gasteiger partial charge in [0.05, 0.1) is 26.0 Å². The quantitative estimate of drug-likeness (QED) is 0.303. The highest BCUT2D eigenvalue weighted by atomic mass is 79.9. The number of nitro benzene ring substituents is 2. The molecular weight excluding hydrogens is 506 g/mol. The molecule has 0 saturated carbocycles. The first-order valence-corrected chi connectivity index (χ1v) is 8.04. The van der Waals surface area contributed by atoms with Crippen LogP contribution >= 0.6 is 27.5 Å². The van der Waals surface area contributed by atoms with Gasteiger partial charge in [0.2, 0.25) is 0 Å². The predicted molar refractivity (Wildman–Crippen MR) is 90.0 cm³/mol. The summed E-state index contributed by atoms with van der Waals surface area (Å²) in [6, 6.07) is 0.408. The maximum absolute atomic E-state index is 13.1. The second kappa shape index (κ2) is 7.62. The fourth-order valence-corrected chi connectivity index (χ4v) is 2.97. The van der Waals surface area contributed by atoms with Crippen LogP contribution in [0.25, 0.3) is 0 Å². The minimum Gasteiger partial charge on any atom is -0.328 e. The number of pyridine rings is 1. The Hall–Kier alpha value is -2.68. The Balaban J connectivity index is 2.74. The van der Waals surface area contributed by atoms with Crippen LogP contribution in [-0.2, 0) is 12.4 Å². The van der Waals surface area contributed by atoms with E-state index in [-0.39, 0.29) is 12.3 Å². The molecule has 0 unspecified atom stereocenters. The zero-order valence-corrected chi connectivity index (χ0v) is 15.6. The van der Waals surface area contributed by atoms with Crippen molar-refractivity contribution in [2.45, 2.75) is 12.4 Å². The van der Waals surface area contributed by atoms with Crippen LogP contribution in [-0.4, -0.2) is 14.8 Å². The number of alkyl halides is 6. The van der Waals surface area contributed by atoms with Crippen molar-refractivity contribution in [2.24, 2.45) is 0 Å². The fraction of sp³-hybridized carbons (Fsp3) is 0.154. The third-order valence-electron chi connectivity index (χ3n) is 3.31. The van der Waals surface area contributed by atoms with Gasteiger partial charge in [0, 0.05) is 12.3 Å². The third kappa shape index (κ3) is 4.67. The topological polar surface area (TPSA) is 111 Å². The molecule has 1 aromatic heterocycles. The van der Waals surface area contributed by atoms with E-state index in [0.29, 0.717) is 6.07 Å². The Labute approximate surface area is 168 Å². The van der Waals surface area contributed by atoms with E-state index in [1.165, 1.54) is 0 Å². The van der Waals surface area contributed by atoms with Crippen LogP contribution in [0.5, 0.6) is 0 Å². The van der Waals surface area contributed by atoms with E-state index in [0.717, 1.165) is 0 Å². The largest absolute Gasteiger partial charge is 0.418 e. The number of halogens is 8. The Morgan fingerprint density at radius 2 is 1.62 bits per heavy atom. The summed E-state index contributed by atoms with van der Waals surface area (Å²) < 4.78 is 76.1. The number of nitrogens with one attached hydrogen (secondary N) is 1. The lowest BCUT2D eigenvalue weighted by Crippen LogP contribution is -2.12. The molecule has 1 heterocycles. The van der Waals surface area contributed by atoms with Crippen LogP contribution in [0.3, 0.4) is 0 Å². The third-order valence-corrected chi connectivity index (χ3v) is 4.41. The Bertz CT molecular complexity index is 1010. The molecule has 0 atom stereocenters. The maximum atomic E-state index is 13.1. The van der Waals surface area contributed by atoms with Crippen LogP contribution in [0.2, 0.25) is 5.02 Å². The summed E-state index contributed by atoms with van der Waals surface area (Å²) in [6.07, 6.45) is -9.73. The number of aromatic nitrogens is 1. The summed E-state index contributed by atoms with van der Waals surface area (Å²) in [4.78, 5) is 23.1. The number of nitrogens with zero attached hydrogens (tertiary/aromatic N) is 3. The van der Waals surface area contributed by atoms with E-state index in [9.17, 15) is 46.6 Å². The Morgan fingerprint density at radius 1 is 1.03 bits per heavy atom. The number of rotatable bonds is 4. The van der Waals surface area contributed by atoms with Crippen molar-refractivity contribution >= 4 is 50.4 Å². The van der Waals surface area contributed by atoms with Gasteiger partial charge in [0.25, 0.3) is 0 Å². The minimum absolute atomic E-state index is 0.0252. The molecule has 1 aromatic carbocycles. The van der Waals surface area contributed by atoms with Gasteiger partial charge in [-0.2, -0.15) is 26.3 Å². The van der Waals surface area contributed by atoms with Crippen molar-refractivity contribution in [1.29, 1.82) is 0 Å². The average molecular weight is 510 g/mol. The molecule has 0 aliphatic rings. The van der Waals surface area contributed by atoms with Gasteiger partial charge in [-0.05, 0) is 22.0 Å². The highest BCUT2D eigenvalue weighted by Crippen LogP contribution is 2.48. The van der Waals surface area contributed by atoms with Crippen molar-refractivity contribution < 1.29 is 36.2 Å². The van der Waals surface area contributed by atoms with Crippen LogP contribution in [0, 0.1) is 20.2 Å². The molecule has 2 rings (SSSR count). The number of benzene rings is 1. The van der Waals surface area contributed by atoms with Gasteiger partial charge in [-0.25, -0.2) is 4.98 Å². The van der Waals surface area contributed by atoms with Gasteiger partial charge in [-0.1, -0.05) is 11.6 Å². The van der Waals surface area contributed by atoms with Crippen molar-refractivity contribution in [3.05, 3.63) is 59.2 Å². The lowest BCUT2D eigenvalue weighted by atomic mass is 10.1. The van der Waals surface area contributed by atoms with E-state index in [1.54, 1.807) is 0 Å². The van der Waals surface area contributed by atoms with Crippen LogP contribution in [0.1, 0.15) is 11.1 Å². The second-order valence-corrected chi connectivity index (χ2v) is 6.37. The van der Waals surface area contributed by atoms with E-state index < -0.39 is 65.7 Å². The first-order valence-electron chi connectivity index (χ1n) is 6.86. The Kier molecular flexibility index (Phi) is 5.94. The summed E-state index contributed by atoms with van der Waals surface area (Å²) in [5.41, 5.74) is -6.80. The summed E-state index contributed by atoms with van der Waals surface area (Å²) in [5.74, 6) is -0.683. The lowest BCUT2D eigenvalue weighted by Gasteiger charge is -2.14. The summed E-state index contributed by atoms with van der Waals surface area (Å²) in [5, 5.41) is 23.7. The number of hydrogen-bond acceptors (Lipinski definition) is 6. The van der Waals surface area contributed by atoms with Crippen molar-refractivity contribution in [2.75, 3.05) is 5.32 Å². The lowest BCUT2D eigenvalue weighted by molar-refractivity contribution is -0.393. The molecule has 1 N–H and O–H groups in total. The molecule has 2 aromatic rings. The normalized spacial score (nSPS) is 12.0. The van der Waals surface area contributed by atoms with E-state index in [1.807, 2.05) is 5.32 Å². The molecule has 29 heavy (non-hydrogen) atoms. The smallest absolute Gasteiger partial charge is 0.328 e. The molecule has 0 spiro atoms. The van der Waals surface area contributed by atoms with Gasteiger partial charge in [0.15, 0.2) is 5.69 Å². The molecular formula is C13H4BrClF6N4O4. The number of anilines is 2.